The van der Waals surface area contributed by atoms with Gasteiger partial charge in [-0.05, 0) is 18.2 Å². The van der Waals surface area contributed by atoms with Crippen molar-refractivity contribution in [1.82, 2.24) is 9.78 Å². The Bertz CT molecular complexity index is 610. The van der Waals surface area contributed by atoms with E-state index in [1.54, 1.807) is 18.2 Å². The fraction of sp³-hybridized carbons (Fsp3) is 0.200. The molecule has 0 fully saturated rings. The second kappa shape index (κ2) is 4.04. The van der Waals surface area contributed by atoms with Gasteiger partial charge in [-0.1, -0.05) is 15.9 Å². The summed E-state index contributed by atoms with van der Waals surface area (Å²) in [5.74, 6) is 0. The van der Waals surface area contributed by atoms with Crippen LogP contribution >= 0.6 is 15.9 Å². The van der Waals surface area contributed by atoms with E-state index in [0.29, 0.717) is 9.86 Å². The van der Waals surface area contributed by atoms with Gasteiger partial charge in [0.2, 0.25) is 0 Å². The molecule has 1 heterocycles. The minimum Gasteiger partial charge on any atom is -0.254 e. The Hall–Kier alpha value is -1.55. The maximum Gasteiger partial charge on any atom is 0.408 e. The van der Waals surface area contributed by atoms with E-state index in [2.05, 4.69) is 21.0 Å². The van der Waals surface area contributed by atoms with Gasteiger partial charge in [-0.25, -0.2) is 0 Å². The van der Waals surface area contributed by atoms with Crippen LogP contribution in [0.25, 0.3) is 10.9 Å². The predicted molar refractivity (Wildman–Crippen MR) is 58.2 cm³/mol. The predicted octanol–water partition coefficient (Wildman–Crippen LogP) is 3.23. The SMILES string of the molecule is N#Cc1nn(CC(F)(F)F)c2cc(Br)ccc12. The molecule has 0 bridgehead atoms. The fourth-order valence-corrected chi connectivity index (χ4v) is 1.87. The number of nitriles is 1. The second-order valence-corrected chi connectivity index (χ2v) is 4.31. The maximum atomic E-state index is 12.3. The first-order valence-electron chi connectivity index (χ1n) is 4.53. The highest BCUT2D eigenvalue weighted by atomic mass is 79.9. The molecule has 2 aromatic rings. The molecule has 0 aliphatic carbocycles. The van der Waals surface area contributed by atoms with Gasteiger partial charge in [0.1, 0.15) is 12.6 Å². The first-order chi connectivity index (χ1) is 7.90. The molecule has 3 nitrogen and oxygen atoms in total. The summed E-state index contributed by atoms with van der Waals surface area (Å²) in [4.78, 5) is 0. The molecule has 0 amide bonds. The summed E-state index contributed by atoms with van der Waals surface area (Å²) in [6.07, 6.45) is -4.37. The Morgan fingerprint density at radius 1 is 1.41 bits per heavy atom. The Kier molecular flexibility index (Phi) is 2.83. The fourth-order valence-electron chi connectivity index (χ4n) is 1.52. The Labute approximate surface area is 103 Å². The summed E-state index contributed by atoms with van der Waals surface area (Å²) in [7, 11) is 0. The number of alkyl halides is 3. The van der Waals surface area contributed by atoms with Gasteiger partial charge in [-0.3, -0.25) is 4.68 Å². The van der Waals surface area contributed by atoms with Crippen molar-refractivity contribution in [3.63, 3.8) is 0 Å². The van der Waals surface area contributed by atoms with Crippen molar-refractivity contribution >= 4 is 26.8 Å². The number of hydrogen-bond acceptors (Lipinski definition) is 2. The number of benzene rings is 1. The third kappa shape index (κ3) is 2.42. The zero-order chi connectivity index (χ0) is 12.6. The van der Waals surface area contributed by atoms with E-state index in [4.69, 9.17) is 5.26 Å². The molecule has 7 heteroatoms. The average Bonchev–Trinajstić information content (AvgIpc) is 2.54. The highest BCUT2D eigenvalue weighted by Gasteiger charge is 2.29. The van der Waals surface area contributed by atoms with Crippen LogP contribution in [-0.2, 0) is 6.54 Å². The molecule has 17 heavy (non-hydrogen) atoms. The molecule has 0 atom stereocenters. The largest absolute Gasteiger partial charge is 0.408 e. The first kappa shape index (κ1) is 11.9. The van der Waals surface area contributed by atoms with Gasteiger partial charge in [0.25, 0.3) is 0 Å². The van der Waals surface area contributed by atoms with Gasteiger partial charge in [0.15, 0.2) is 5.69 Å². The van der Waals surface area contributed by atoms with Gasteiger partial charge < -0.3 is 0 Å². The maximum absolute atomic E-state index is 12.3. The molecule has 0 aliphatic rings. The minimum atomic E-state index is -4.37. The zero-order valence-electron chi connectivity index (χ0n) is 8.29. The van der Waals surface area contributed by atoms with Crippen LogP contribution in [0.3, 0.4) is 0 Å². The van der Waals surface area contributed by atoms with E-state index in [1.807, 2.05) is 0 Å². The summed E-state index contributed by atoms with van der Waals surface area (Å²) in [5, 5.41) is 12.9. The average molecular weight is 304 g/mol. The Morgan fingerprint density at radius 2 is 2.12 bits per heavy atom. The molecule has 1 aromatic carbocycles. The van der Waals surface area contributed by atoms with E-state index in [-0.39, 0.29) is 11.2 Å². The van der Waals surface area contributed by atoms with Crippen molar-refractivity contribution in [3.8, 4) is 6.07 Å². The summed E-state index contributed by atoms with van der Waals surface area (Å²) >= 11 is 3.17. The minimum absolute atomic E-state index is 0.00301. The lowest BCUT2D eigenvalue weighted by atomic mass is 10.2. The molecule has 0 saturated carbocycles. The Morgan fingerprint density at radius 3 is 2.71 bits per heavy atom. The summed E-state index contributed by atoms with van der Waals surface area (Å²) in [6.45, 7) is -1.21. The van der Waals surface area contributed by atoms with Gasteiger partial charge in [-0.15, -0.1) is 0 Å². The lowest BCUT2D eigenvalue weighted by Crippen LogP contribution is -2.18. The van der Waals surface area contributed by atoms with Crippen molar-refractivity contribution in [1.29, 1.82) is 5.26 Å². The molecule has 0 aliphatic heterocycles. The quantitative estimate of drug-likeness (QED) is 0.811. The van der Waals surface area contributed by atoms with Gasteiger partial charge in [0.05, 0.1) is 5.52 Å². The summed E-state index contributed by atoms with van der Waals surface area (Å²) < 4.78 is 38.4. The molecule has 2 rings (SSSR count). The summed E-state index contributed by atoms with van der Waals surface area (Å²) in [6, 6.07) is 6.51. The lowest BCUT2D eigenvalue weighted by Gasteiger charge is -2.07. The van der Waals surface area contributed by atoms with Gasteiger partial charge in [0, 0.05) is 9.86 Å². The van der Waals surface area contributed by atoms with Crippen molar-refractivity contribution in [2.45, 2.75) is 12.7 Å². The van der Waals surface area contributed by atoms with Crippen molar-refractivity contribution in [2.24, 2.45) is 0 Å². The lowest BCUT2D eigenvalue weighted by molar-refractivity contribution is -0.141. The number of rotatable bonds is 1. The van der Waals surface area contributed by atoms with Crippen molar-refractivity contribution in [2.75, 3.05) is 0 Å². The van der Waals surface area contributed by atoms with Crippen LogP contribution < -0.4 is 0 Å². The highest BCUT2D eigenvalue weighted by molar-refractivity contribution is 9.10. The van der Waals surface area contributed by atoms with Crippen LogP contribution in [0.2, 0.25) is 0 Å². The van der Waals surface area contributed by atoms with E-state index in [0.717, 1.165) is 4.68 Å². The Balaban J connectivity index is 2.64. The highest BCUT2D eigenvalue weighted by Crippen LogP contribution is 2.25. The van der Waals surface area contributed by atoms with E-state index in [1.165, 1.54) is 6.07 Å². The molecular weight excluding hydrogens is 299 g/mol. The van der Waals surface area contributed by atoms with Crippen LogP contribution in [0, 0.1) is 11.3 Å². The second-order valence-electron chi connectivity index (χ2n) is 3.39. The number of nitrogens with zero attached hydrogens (tertiary/aromatic N) is 3. The van der Waals surface area contributed by atoms with Crippen molar-refractivity contribution in [3.05, 3.63) is 28.4 Å². The molecule has 0 unspecified atom stereocenters. The molecular formula is C10H5BrF3N3. The van der Waals surface area contributed by atoms with Crippen LogP contribution in [0.5, 0.6) is 0 Å². The standard InChI is InChI=1S/C10H5BrF3N3/c11-6-1-2-7-8(4-15)16-17(9(7)3-6)5-10(12,13)14/h1-3H,5H2. The topological polar surface area (TPSA) is 41.6 Å². The summed E-state index contributed by atoms with van der Waals surface area (Å²) in [5.41, 5.74) is 0.282. The van der Waals surface area contributed by atoms with Crippen LogP contribution in [-0.4, -0.2) is 16.0 Å². The molecule has 88 valence electrons. The molecule has 0 N–H and O–H groups in total. The normalized spacial score (nSPS) is 11.7. The number of aromatic nitrogens is 2. The third-order valence-electron chi connectivity index (χ3n) is 2.15. The van der Waals surface area contributed by atoms with Gasteiger partial charge in [-0.2, -0.15) is 23.5 Å². The van der Waals surface area contributed by atoms with Crippen LogP contribution in [0.15, 0.2) is 22.7 Å². The van der Waals surface area contributed by atoms with Gasteiger partial charge >= 0.3 is 6.18 Å². The smallest absolute Gasteiger partial charge is 0.254 e. The van der Waals surface area contributed by atoms with Crippen LogP contribution in [0.4, 0.5) is 13.2 Å². The van der Waals surface area contributed by atoms with E-state index < -0.39 is 12.7 Å². The first-order valence-corrected chi connectivity index (χ1v) is 5.33. The zero-order valence-corrected chi connectivity index (χ0v) is 9.88. The van der Waals surface area contributed by atoms with E-state index >= 15 is 0 Å². The number of hydrogen-bond donors (Lipinski definition) is 0. The molecule has 0 radical (unpaired) electrons. The number of fused-ring (bicyclic) bond motifs is 1. The van der Waals surface area contributed by atoms with E-state index in [9.17, 15) is 13.2 Å². The molecule has 1 aromatic heterocycles. The third-order valence-corrected chi connectivity index (χ3v) is 2.64. The molecule has 0 spiro atoms. The molecule has 0 saturated heterocycles. The van der Waals surface area contributed by atoms with Crippen molar-refractivity contribution < 1.29 is 13.2 Å². The number of halogens is 4. The van der Waals surface area contributed by atoms with Crippen LogP contribution in [0.1, 0.15) is 5.69 Å². The monoisotopic (exact) mass is 303 g/mol.